The molecule has 1 saturated carbocycles. The molecule has 168 valence electrons. The number of carbonyl (C=O) groups is 1. The molecule has 0 radical (unpaired) electrons. The predicted octanol–water partition coefficient (Wildman–Crippen LogP) is 5.48. The largest absolute Gasteiger partial charge is 0.508 e. The Balaban J connectivity index is 1.76. The smallest absolute Gasteiger partial charge is 0.309 e. The molecule has 2 heterocycles. The van der Waals surface area contributed by atoms with Crippen LogP contribution in [0.4, 0.5) is 8.78 Å². The molecule has 2 fully saturated rings. The standard InChI is InChI=1S/C25H25F2NO4/c1-25(24(30)31)12-15(13-25)22-18-11-17(29)3-5-21(18)28(16-2-4-19(26)20(27)10-16)23(22)14-6-8-32-9-7-14/h2-5,10-11,14-15,29H,6-9,12-13H2,1H3,(H,30,31). The van der Waals surface area contributed by atoms with Crippen LogP contribution in [0.1, 0.15) is 55.7 Å². The molecule has 7 heteroatoms. The lowest BCUT2D eigenvalue weighted by Crippen LogP contribution is -2.40. The summed E-state index contributed by atoms with van der Waals surface area (Å²) in [6, 6.07) is 8.93. The average molecular weight is 441 g/mol. The first-order valence-corrected chi connectivity index (χ1v) is 10.9. The Hall–Kier alpha value is -2.93. The zero-order valence-electron chi connectivity index (χ0n) is 17.8. The molecule has 0 unspecified atom stereocenters. The van der Waals surface area contributed by atoms with Crippen molar-refractivity contribution in [2.24, 2.45) is 5.41 Å². The summed E-state index contributed by atoms with van der Waals surface area (Å²) in [5.41, 5.74) is 2.50. The maximum absolute atomic E-state index is 14.2. The van der Waals surface area contributed by atoms with Gasteiger partial charge in [0.1, 0.15) is 5.75 Å². The van der Waals surface area contributed by atoms with Gasteiger partial charge >= 0.3 is 5.97 Å². The number of carboxylic acid groups (broad SMARTS) is 1. The lowest BCUT2D eigenvalue weighted by molar-refractivity contribution is -0.154. The molecular weight excluding hydrogens is 416 g/mol. The van der Waals surface area contributed by atoms with Crippen LogP contribution >= 0.6 is 0 Å². The third-order valence-corrected chi connectivity index (χ3v) is 7.12. The van der Waals surface area contributed by atoms with Crippen molar-refractivity contribution in [3.63, 3.8) is 0 Å². The first-order valence-electron chi connectivity index (χ1n) is 10.9. The van der Waals surface area contributed by atoms with Crippen molar-refractivity contribution in [2.45, 2.75) is 44.4 Å². The molecule has 2 aromatic carbocycles. The Kier molecular flexibility index (Phi) is 4.97. The number of benzene rings is 2. The topological polar surface area (TPSA) is 71.7 Å². The molecule has 3 aromatic rings. The first kappa shape index (κ1) is 20.9. The summed E-state index contributed by atoms with van der Waals surface area (Å²) in [5, 5.41) is 20.7. The molecule has 2 N–H and O–H groups in total. The van der Waals surface area contributed by atoms with Gasteiger partial charge in [0, 0.05) is 42.0 Å². The number of ether oxygens (including phenoxy) is 1. The number of nitrogens with zero attached hydrogens (tertiary/aromatic N) is 1. The SMILES string of the molecule is CC1(C(=O)O)CC(c2c(C3CCOCC3)n(-c3ccc(F)c(F)c3)c3ccc(O)cc23)C1. The van der Waals surface area contributed by atoms with Crippen LogP contribution in [-0.4, -0.2) is 34.0 Å². The van der Waals surface area contributed by atoms with Crippen molar-refractivity contribution in [3.05, 3.63) is 59.3 Å². The van der Waals surface area contributed by atoms with Crippen LogP contribution in [0.5, 0.6) is 5.75 Å². The van der Waals surface area contributed by atoms with Crippen LogP contribution in [0.3, 0.4) is 0 Å². The van der Waals surface area contributed by atoms with E-state index < -0.39 is 23.0 Å². The van der Waals surface area contributed by atoms with Gasteiger partial charge in [-0.05, 0) is 74.4 Å². The van der Waals surface area contributed by atoms with E-state index >= 15 is 0 Å². The molecular formula is C25H25F2NO4. The molecule has 5 nitrogen and oxygen atoms in total. The van der Waals surface area contributed by atoms with Crippen LogP contribution in [0, 0.1) is 17.0 Å². The minimum Gasteiger partial charge on any atom is -0.508 e. The van der Waals surface area contributed by atoms with Crippen molar-refractivity contribution in [2.75, 3.05) is 13.2 Å². The van der Waals surface area contributed by atoms with Crippen molar-refractivity contribution in [1.82, 2.24) is 4.57 Å². The van der Waals surface area contributed by atoms with Crippen LogP contribution < -0.4 is 0 Å². The number of aromatic hydroxyl groups is 1. The molecule has 0 spiro atoms. The molecule has 0 atom stereocenters. The lowest BCUT2D eigenvalue weighted by atomic mass is 9.60. The van der Waals surface area contributed by atoms with E-state index in [1.54, 1.807) is 31.2 Å². The summed E-state index contributed by atoms with van der Waals surface area (Å²) in [6.07, 6.45) is 2.54. The average Bonchev–Trinajstić information content (AvgIpc) is 3.07. The number of hydrogen-bond acceptors (Lipinski definition) is 3. The number of phenols is 1. The normalized spacial score (nSPS) is 23.9. The molecule has 1 aromatic heterocycles. The Morgan fingerprint density at radius 3 is 2.44 bits per heavy atom. The lowest BCUT2D eigenvalue weighted by Gasteiger charge is -2.43. The zero-order chi connectivity index (χ0) is 22.6. The van der Waals surface area contributed by atoms with Crippen LogP contribution in [-0.2, 0) is 9.53 Å². The molecule has 0 bridgehead atoms. The van der Waals surface area contributed by atoms with Gasteiger partial charge in [0.15, 0.2) is 11.6 Å². The van der Waals surface area contributed by atoms with E-state index in [1.165, 1.54) is 6.07 Å². The van der Waals surface area contributed by atoms with Crippen molar-refractivity contribution in [1.29, 1.82) is 0 Å². The van der Waals surface area contributed by atoms with Crippen molar-refractivity contribution >= 4 is 16.9 Å². The fourth-order valence-corrected chi connectivity index (χ4v) is 5.43. The van der Waals surface area contributed by atoms with Crippen LogP contribution in [0.2, 0.25) is 0 Å². The van der Waals surface area contributed by atoms with E-state index in [9.17, 15) is 23.8 Å². The highest BCUT2D eigenvalue weighted by molar-refractivity contribution is 5.90. The minimum atomic E-state index is -0.926. The van der Waals surface area contributed by atoms with E-state index in [1.807, 2.05) is 4.57 Å². The maximum Gasteiger partial charge on any atom is 0.309 e. The van der Waals surface area contributed by atoms with Crippen LogP contribution in [0.15, 0.2) is 36.4 Å². The number of halogens is 2. The maximum atomic E-state index is 14.2. The third kappa shape index (κ3) is 3.26. The molecule has 0 amide bonds. The number of carboxylic acids is 1. The Labute approximate surface area is 184 Å². The highest BCUT2D eigenvalue weighted by atomic mass is 19.2. The molecule has 1 aliphatic carbocycles. The second-order valence-electron chi connectivity index (χ2n) is 9.29. The minimum absolute atomic E-state index is 0.00444. The van der Waals surface area contributed by atoms with Gasteiger partial charge in [-0.1, -0.05) is 0 Å². The molecule has 1 saturated heterocycles. The number of hydrogen-bond donors (Lipinski definition) is 2. The third-order valence-electron chi connectivity index (χ3n) is 7.12. The highest BCUT2D eigenvalue weighted by Crippen LogP contribution is 2.55. The van der Waals surface area contributed by atoms with Gasteiger partial charge in [-0.2, -0.15) is 0 Å². The summed E-state index contributed by atoms with van der Waals surface area (Å²) in [5.74, 6) is -2.41. The van der Waals surface area contributed by atoms with Gasteiger partial charge in [0.2, 0.25) is 0 Å². The summed E-state index contributed by atoms with van der Waals surface area (Å²) >= 11 is 0. The summed E-state index contributed by atoms with van der Waals surface area (Å²) < 4.78 is 35.4. The predicted molar refractivity (Wildman–Crippen MR) is 115 cm³/mol. The Morgan fingerprint density at radius 1 is 1.06 bits per heavy atom. The number of aromatic nitrogens is 1. The zero-order valence-corrected chi connectivity index (χ0v) is 17.8. The van der Waals surface area contributed by atoms with Crippen LogP contribution in [0.25, 0.3) is 16.6 Å². The second-order valence-corrected chi connectivity index (χ2v) is 9.29. The van der Waals surface area contributed by atoms with E-state index in [0.717, 1.165) is 41.1 Å². The molecule has 32 heavy (non-hydrogen) atoms. The molecule has 5 rings (SSSR count). The second kappa shape index (κ2) is 7.59. The fraction of sp³-hybridized carbons (Fsp3) is 0.400. The number of rotatable bonds is 4. The van der Waals surface area contributed by atoms with Gasteiger partial charge in [0.05, 0.1) is 10.9 Å². The Morgan fingerprint density at radius 2 is 1.78 bits per heavy atom. The van der Waals surface area contributed by atoms with E-state index in [0.29, 0.717) is 31.7 Å². The number of phenolic OH excluding ortho intramolecular Hbond substituents is 1. The fourth-order valence-electron chi connectivity index (χ4n) is 5.43. The van der Waals surface area contributed by atoms with Gasteiger partial charge in [0.25, 0.3) is 0 Å². The molecule has 2 aliphatic rings. The summed E-state index contributed by atoms with van der Waals surface area (Å²) in [4.78, 5) is 11.7. The summed E-state index contributed by atoms with van der Waals surface area (Å²) in [6.45, 7) is 2.96. The van der Waals surface area contributed by atoms with Gasteiger partial charge < -0.3 is 19.5 Å². The van der Waals surface area contributed by atoms with Gasteiger partial charge in [-0.15, -0.1) is 0 Å². The van der Waals surface area contributed by atoms with E-state index in [4.69, 9.17) is 4.74 Å². The summed E-state index contributed by atoms with van der Waals surface area (Å²) in [7, 11) is 0. The van der Waals surface area contributed by atoms with Gasteiger partial charge in [-0.3, -0.25) is 4.79 Å². The van der Waals surface area contributed by atoms with Crippen molar-refractivity contribution < 1.29 is 28.5 Å². The quantitative estimate of drug-likeness (QED) is 0.563. The highest BCUT2D eigenvalue weighted by Gasteiger charge is 2.49. The van der Waals surface area contributed by atoms with Crippen molar-refractivity contribution in [3.8, 4) is 11.4 Å². The Bertz CT molecular complexity index is 1210. The van der Waals surface area contributed by atoms with E-state index in [2.05, 4.69) is 0 Å². The molecule has 1 aliphatic heterocycles. The first-order chi connectivity index (χ1) is 15.3. The number of aliphatic carboxylic acids is 1. The number of fused-ring (bicyclic) bond motifs is 1. The monoisotopic (exact) mass is 441 g/mol. The van der Waals surface area contributed by atoms with Gasteiger partial charge in [-0.25, -0.2) is 8.78 Å². The van der Waals surface area contributed by atoms with E-state index in [-0.39, 0.29) is 17.6 Å².